The van der Waals surface area contributed by atoms with Crippen molar-refractivity contribution < 1.29 is 14.3 Å². The second kappa shape index (κ2) is 7.31. The van der Waals surface area contributed by atoms with Gasteiger partial charge >= 0.3 is 5.97 Å². The summed E-state index contributed by atoms with van der Waals surface area (Å²) in [5.74, 6) is -1.13. The number of fused-ring (bicyclic) bond motifs is 1. The van der Waals surface area contributed by atoms with E-state index in [1.165, 1.54) is 12.1 Å². The fourth-order valence-corrected chi connectivity index (χ4v) is 3.64. The Labute approximate surface area is 161 Å². The number of halogens is 1. The number of carboxylic acid groups (broad SMARTS) is 1. The molecule has 142 valence electrons. The molecule has 4 aromatic rings. The van der Waals surface area contributed by atoms with Gasteiger partial charge in [0.2, 0.25) is 0 Å². The highest BCUT2D eigenvalue weighted by Crippen LogP contribution is 2.28. The summed E-state index contributed by atoms with van der Waals surface area (Å²) in [6.45, 7) is 2.52. The molecule has 0 fully saturated rings. The Kier molecular flexibility index (Phi) is 4.69. The first-order valence-electron chi connectivity index (χ1n) is 9.09. The van der Waals surface area contributed by atoms with Crippen molar-refractivity contribution in [2.75, 3.05) is 0 Å². The summed E-state index contributed by atoms with van der Waals surface area (Å²) in [5.41, 5.74) is 4.88. The third-order valence-electron chi connectivity index (χ3n) is 5.07. The third-order valence-corrected chi connectivity index (χ3v) is 5.07. The molecule has 0 aliphatic carbocycles. The molecule has 5 nitrogen and oxygen atoms in total. The minimum absolute atomic E-state index is 0.0409. The predicted octanol–water partition coefficient (Wildman–Crippen LogP) is 4.34. The molecule has 2 aromatic heterocycles. The van der Waals surface area contributed by atoms with Crippen LogP contribution in [0.25, 0.3) is 16.6 Å². The van der Waals surface area contributed by atoms with Crippen molar-refractivity contribution in [3.8, 4) is 5.69 Å². The SMILES string of the molecule is Cc1c(CCC(=O)O)n(Cc2ccc(-n3ccnc3)cc2)c2ccc(F)cc12. The number of nitrogens with zero attached hydrogens (tertiary/aromatic N) is 3. The van der Waals surface area contributed by atoms with E-state index in [0.29, 0.717) is 13.0 Å². The number of rotatable bonds is 6. The summed E-state index contributed by atoms with van der Waals surface area (Å²) in [5, 5.41) is 9.94. The molecule has 1 N–H and O–H groups in total. The van der Waals surface area contributed by atoms with Gasteiger partial charge in [0.25, 0.3) is 0 Å². The Hall–Kier alpha value is -3.41. The highest BCUT2D eigenvalue weighted by atomic mass is 19.1. The second-order valence-corrected chi connectivity index (χ2v) is 6.85. The lowest BCUT2D eigenvalue weighted by Crippen LogP contribution is -2.08. The average molecular weight is 377 g/mol. The van der Waals surface area contributed by atoms with Crippen LogP contribution in [0.2, 0.25) is 0 Å². The lowest BCUT2D eigenvalue weighted by Gasteiger charge is -2.12. The van der Waals surface area contributed by atoms with Crippen LogP contribution in [0.15, 0.2) is 61.2 Å². The van der Waals surface area contributed by atoms with Crippen molar-refractivity contribution in [1.29, 1.82) is 0 Å². The van der Waals surface area contributed by atoms with Gasteiger partial charge in [-0.05, 0) is 54.8 Å². The maximum atomic E-state index is 13.8. The average Bonchev–Trinajstić information content (AvgIpc) is 3.29. The Morgan fingerprint density at radius 3 is 2.64 bits per heavy atom. The molecule has 0 saturated heterocycles. The fraction of sp³-hybridized carbons (Fsp3) is 0.182. The van der Waals surface area contributed by atoms with E-state index >= 15 is 0 Å². The van der Waals surface area contributed by atoms with E-state index in [-0.39, 0.29) is 12.2 Å². The molecule has 0 aliphatic heterocycles. The van der Waals surface area contributed by atoms with Gasteiger partial charge in [0.15, 0.2) is 0 Å². The maximum Gasteiger partial charge on any atom is 0.303 e. The molecule has 0 atom stereocenters. The van der Waals surface area contributed by atoms with Crippen LogP contribution in [0.4, 0.5) is 4.39 Å². The molecular formula is C22H20FN3O2. The van der Waals surface area contributed by atoms with Crippen LogP contribution in [0.5, 0.6) is 0 Å². The predicted molar refractivity (Wildman–Crippen MR) is 105 cm³/mol. The minimum atomic E-state index is -0.841. The van der Waals surface area contributed by atoms with Crippen LogP contribution >= 0.6 is 0 Å². The Bertz CT molecular complexity index is 1130. The fourth-order valence-electron chi connectivity index (χ4n) is 3.64. The maximum absolute atomic E-state index is 13.8. The van der Waals surface area contributed by atoms with Gasteiger partial charge in [-0.25, -0.2) is 9.37 Å². The highest BCUT2D eigenvalue weighted by molar-refractivity contribution is 5.85. The van der Waals surface area contributed by atoms with Gasteiger partial charge in [0.05, 0.1) is 12.7 Å². The Balaban J connectivity index is 1.72. The number of carbonyl (C=O) groups is 1. The molecule has 0 amide bonds. The van der Waals surface area contributed by atoms with E-state index in [9.17, 15) is 9.18 Å². The zero-order valence-electron chi connectivity index (χ0n) is 15.5. The number of hydrogen-bond donors (Lipinski definition) is 1. The molecule has 6 heteroatoms. The highest BCUT2D eigenvalue weighted by Gasteiger charge is 2.16. The summed E-state index contributed by atoms with van der Waals surface area (Å²) in [4.78, 5) is 15.2. The van der Waals surface area contributed by atoms with E-state index in [1.54, 1.807) is 18.6 Å². The molecule has 0 aliphatic rings. The normalized spacial score (nSPS) is 11.2. The van der Waals surface area contributed by atoms with Crippen LogP contribution in [-0.2, 0) is 17.8 Å². The van der Waals surface area contributed by atoms with Gasteiger partial charge in [0, 0.05) is 41.2 Å². The second-order valence-electron chi connectivity index (χ2n) is 6.85. The van der Waals surface area contributed by atoms with E-state index in [0.717, 1.165) is 33.4 Å². The largest absolute Gasteiger partial charge is 0.481 e. The summed E-state index contributed by atoms with van der Waals surface area (Å²) < 4.78 is 17.8. The molecule has 0 saturated carbocycles. The quantitative estimate of drug-likeness (QED) is 0.544. The van der Waals surface area contributed by atoms with E-state index in [4.69, 9.17) is 5.11 Å². The lowest BCUT2D eigenvalue weighted by atomic mass is 10.1. The number of benzene rings is 2. The first-order valence-corrected chi connectivity index (χ1v) is 9.09. The Morgan fingerprint density at radius 2 is 1.96 bits per heavy atom. The van der Waals surface area contributed by atoms with Crippen molar-refractivity contribution in [3.63, 3.8) is 0 Å². The summed E-state index contributed by atoms with van der Waals surface area (Å²) in [7, 11) is 0. The van der Waals surface area contributed by atoms with Crippen molar-refractivity contribution >= 4 is 16.9 Å². The zero-order chi connectivity index (χ0) is 19.7. The van der Waals surface area contributed by atoms with Gasteiger partial charge in [0.1, 0.15) is 5.82 Å². The molecule has 0 unspecified atom stereocenters. The summed E-state index contributed by atoms with van der Waals surface area (Å²) in [6, 6.07) is 12.9. The van der Waals surface area contributed by atoms with Gasteiger partial charge in [-0.1, -0.05) is 12.1 Å². The number of hydrogen-bond acceptors (Lipinski definition) is 2. The number of aliphatic carboxylic acids is 1. The Morgan fingerprint density at radius 1 is 1.18 bits per heavy atom. The summed E-state index contributed by atoms with van der Waals surface area (Å²) in [6.07, 6.45) is 5.81. The van der Waals surface area contributed by atoms with Crippen molar-refractivity contribution in [2.45, 2.75) is 26.3 Å². The van der Waals surface area contributed by atoms with Crippen molar-refractivity contribution in [3.05, 3.63) is 83.8 Å². The molecule has 4 rings (SSSR count). The topological polar surface area (TPSA) is 60.0 Å². The van der Waals surface area contributed by atoms with Crippen LogP contribution in [-0.4, -0.2) is 25.2 Å². The third kappa shape index (κ3) is 3.41. The molecule has 0 bridgehead atoms. The van der Waals surface area contributed by atoms with E-state index < -0.39 is 5.97 Å². The number of aryl methyl sites for hydroxylation is 1. The molecule has 0 radical (unpaired) electrons. The van der Waals surface area contributed by atoms with Crippen LogP contribution in [0.1, 0.15) is 23.2 Å². The first-order chi connectivity index (χ1) is 13.5. The van der Waals surface area contributed by atoms with Crippen LogP contribution < -0.4 is 0 Å². The van der Waals surface area contributed by atoms with Crippen LogP contribution in [0, 0.1) is 12.7 Å². The van der Waals surface area contributed by atoms with Gasteiger partial charge in [-0.15, -0.1) is 0 Å². The molecule has 0 spiro atoms. The standard InChI is InChI=1S/C22H20FN3O2/c1-15-19-12-17(23)4-7-21(19)26(20(15)8-9-22(27)28)13-16-2-5-18(6-3-16)25-11-10-24-14-25/h2-7,10-12,14H,8-9,13H2,1H3,(H,27,28). The minimum Gasteiger partial charge on any atom is -0.481 e. The first kappa shape index (κ1) is 18.0. The lowest BCUT2D eigenvalue weighted by molar-refractivity contribution is -0.136. The number of imidazole rings is 1. The van der Waals surface area contributed by atoms with Crippen molar-refractivity contribution in [1.82, 2.24) is 14.1 Å². The van der Waals surface area contributed by atoms with Gasteiger partial charge < -0.3 is 14.2 Å². The molecular weight excluding hydrogens is 357 g/mol. The smallest absolute Gasteiger partial charge is 0.303 e. The van der Waals surface area contributed by atoms with Crippen LogP contribution in [0.3, 0.4) is 0 Å². The molecule has 2 heterocycles. The van der Waals surface area contributed by atoms with Gasteiger partial charge in [-0.3, -0.25) is 4.79 Å². The summed E-state index contributed by atoms with van der Waals surface area (Å²) >= 11 is 0. The zero-order valence-corrected chi connectivity index (χ0v) is 15.5. The molecule has 28 heavy (non-hydrogen) atoms. The van der Waals surface area contributed by atoms with Crippen molar-refractivity contribution in [2.24, 2.45) is 0 Å². The molecule has 2 aromatic carbocycles. The van der Waals surface area contributed by atoms with E-state index in [1.807, 2.05) is 42.0 Å². The number of aromatic nitrogens is 3. The van der Waals surface area contributed by atoms with E-state index in [2.05, 4.69) is 9.55 Å². The monoisotopic (exact) mass is 377 g/mol. The van der Waals surface area contributed by atoms with Gasteiger partial charge in [-0.2, -0.15) is 0 Å². The number of carboxylic acids is 1.